The zero-order valence-electron chi connectivity index (χ0n) is 8.20. The molecule has 1 rings (SSSR count). The number of nitro benzene ring substituents is 1. The number of carbonyl (C=O) groups excluding carboxylic acids is 1. The molecule has 1 aromatic rings. The maximum Gasteiger partial charge on any atom is 0.313 e. The fourth-order valence-electron chi connectivity index (χ4n) is 0.999. The van der Waals surface area contributed by atoms with Crippen LogP contribution < -0.4 is 4.74 Å². The molecule has 0 aliphatic carbocycles. The number of carbonyl (C=O) groups is 1. The van der Waals surface area contributed by atoms with E-state index >= 15 is 0 Å². The summed E-state index contributed by atoms with van der Waals surface area (Å²) in [6.07, 6.45) is 0. The van der Waals surface area contributed by atoms with E-state index in [4.69, 9.17) is 16.3 Å². The molecule has 0 aromatic heterocycles. The molecule has 0 aliphatic heterocycles. The Hall–Kier alpha value is -1.14. The summed E-state index contributed by atoms with van der Waals surface area (Å²) in [5, 5.41) is 10.9. The quantitative estimate of drug-likeness (QED) is 0.633. The van der Waals surface area contributed by atoms with Crippen LogP contribution in [0.3, 0.4) is 0 Å². The van der Waals surface area contributed by atoms with Gasteiger partial charge < -0.3 is 4.74 Å². The van der Waals surface area contributed by atoms with Crippen molar-refractivity contribution in [2.75, 3.05) is 6.61 Å². The smallest absolute Gasteiger partial charge is 0.313 e. The lowest BCUT2D eigenvalue weighted by atomic mass is 10.3. The third-order valence-corrected chi connectivity index (χ3v) is 2.41. The number of nitro groups is 1. The minimum Gasteiger partial charge on any atom is -0.478 e. The Labute approximate surface area is 105 Å². The molecule has 1 aromatic carbocycles. The maximum absolute atomic E-state index is 10.7. The Morgan fingerprint density at radius 3 is 2.75 bits per heavy atom. The lowest BCUT2D eigenvalue weighted by Crippen LogP contribution is -2.08. The van der Waals surface area contributed by atoms with Gasteiger partial charge in [0.25, 0.3) is 0 Å². The minimum absolute atomic E-state index is 0.00426. The number of halogens is 2. The fraction of sp³-hybridized carbons (Fsp3) is 0.222. The zero-order valence-corrected chi connectivity index (χ0v) is 10.5. The largest absolute Gasteiger partial charge is 0.478 e. The van der Waals surface area contributed by atoms with Gasteiger partial charge in [-0.05, 0) is 28.9 Å². The van der Waals surface area contributed by atoms with Gasteiger partial charge in [0.15, 0.2) is 5.78 Å². The van der Waals surface area contributed by atoms with Gasteiger partial charge in [-0.25, -0.2) is 0 Å². The van der Waals surface area contributed by atoms with Crippen LogP contribution in [-0.4, -0.2) is 17.3 Å². The van der Waals surface area contributed by atoms with Crippen molar-refractivity contribution < 1.29 is 14.5 Å². The predicted molar refractivity (Wildman–Crippen MR) is 62.0 cm³/mol. The van der Waals surface area contributed by atoms with Crippen LogP contribution in [0.4, 0.5) is 5.69 Å². The number of hydrogen-bond donors (Lipinski definition) is 0. The van der Waals surface area contributed by atoms with Gasteiger partial charge in [-0.15, -0.1) is 0 Å². The van der Waals surface area contributed by atoms with E-state index in [1.54, 1.807) is 0 Å². The van der Waals surface area contributed by atoms with Crippen molar-refractivity contribution >= 4 is 39.0 Å². The first-order valence-electron chi connectivity index (χ1n) is 4.17. The molecule has 0 atom stereocenters. The summed E-state index contributed by atoms with van der Waals surface area (Å²) >= 11 is 8.76. The monoisotopic (exact) mass is 307 g/mol. The highest BCUT2D eigenvalue weighted by Crippen LogP contribution is 2.37. The third kappa shape index (κ3) is 3.18. The van der Waals surface area contributed by atoms with E-state index in [9.17, 15) is 14.9 Å². The molecule has 0 saturated heterocycles. The van der Waals surface area contributed by atoms with Gasteiger partial charge in [-0.1, -0.05) is 11.6 Å². The molecule has 0 radical (unpaired) electrons. The molecule has 0 bridgehead atoms. The molecule has 0 unspecified atom stereocenters. The second kappa shape index (κ2) is 5.27. The van der Waals surface area contributed by atoms with Gasteiger partial charge >= 0.3 is 5.69 Å². The number of Topliss-reactive ketones (excluding diaryl/α,β-unsaturated/α-hetero) is 1. The Balaban J connectivity index is 3.14. The number of ketones is 1. The first-order chi connectivity index (χ1) is 7.41. The van der Waals surface area contributed by atoms with Crippen molar-refractivity contribution in [3.63, 3.8) is 0 Å². The molecule has 16 heavy (non-hydrogen) atoms. The Morgan fingerprint density at radius 1 is 1.62 bits per heavy atom. The Bertz CT molecular complexity index is 449. The lowest BCUT2D eigenvalue weighted by molar-refractivity contribution is -0.385. The Morgan fingerprint density at radius 2 is 2.25 bits per heavy atom. The van der Waals surface area contributed by atoms with E-state index in [0.717, 1.165) is 0 Å². The number of nitrogens with zero attached hydrogens (tertiary/aromatic N) is 1. The van der Waals surface area contributed by atoms with Crippen LogP contribution in [-0.2, 0) is 4.79 Å². The van der Waals surface area contributed by atoms with Crippen molar-refractivity contribution in [3.8, 4) is 5.75 Å². The zero-order chi connectivity index (χ0) is 12.3. The molecule has 0 heterocycles. The van der Waals surface area contributed by atoms with Crippen LogP contribution in [0.25, 0.3) is 0 Å². The van der Waals surface area contributed by atoms with Gasteiger partial charge in [-0.3, -0.25) is 14.9 Å². The van der Waals surface area contributed by atoms with Gasteiger partial charge in [-0.2, -0.15) is 0 Å². The average Bonchev–Trinajstić information content (AvgIpc) is 2.14. The topological polar surface area (TPSA) is 69.4 Å². The summed E-state index contributed by atoms with van der Waals surface area (Å²) in [4.78, 5) is 20.9. The van der Waals surface area contributed by atoms with Crippen LogP contribution in [0.1, 0.15) is 6.92 Å². The van der Waals surface area contributed by atoms with Crippen molar-refractivity contribution in [3.05, 3.63) is 31.7 Å². The first kappa shape index (κ1) is 12.9. The third-order valence-electron chi connectivity index (χ3n) is 1.61. The van der Waals surface area contributed by atoms with E-state index in [0.29, 0.717) is 4.47 Å². The predicted octanol–water partition coefficient (Wildman–Crippen LogP) is 2.98. The van der Waals surface area contributed by atoms with Crippen LogP contribution >= 0.6 is 27.5 Å². The molecule has 7 heteroatoms. The summed E-state index contributed by atoms with van der Waals surface area (Å²) in [6.45, 7) is 1.11. The van der Waals surface area contributed by atoms with Crippen LogP contribution in [0.15, 0.2) is 16.6 Å². The molecule has 5 nitrogen and oxygen atoms in total. The van der Waals surface area contributed by atoms with Gasteiger partial charge in [0.2, 0.25) is 5.75 Å². The second-order valence-electron chi connectivity index (χ2n) is 2.98. The highest BCUT2D eigenvalue weighted by atomic mass is 79.9. The highest BCUT2D eigenvalue weighted by molar-refractivity contribution is 9.10. The molecule has 0 saturated carbocycles. The van der Waals surface area contributed by atoms with Crippen molar-refractivity contribution in [1.82, 2.24) is 0 Å². The fourth-order valence-corrected chi connectivity index (χ4v) is 1.91. The molecule has 0 amide bonds. The number of benzene rings is 1. The summed E-state index contributed by atoms with van der Waals surface area (Å²) in [7, 11) is 0. The van der Waals surface area contributed by atoms with E-state index in [2.05, 4.69) is 15.9 Å². The van der Waals surface area contributed by atoms with E-state index in [1.165, 1.54) is 19.1 Å². The molecule has 0 aliphatic rings. The molecular formula is C9H7BrClNO4. The summed E-state index contributed by atoms with van der Waals surface area (Å²) < 4.78 is 5.39. The van der Waals surface area contributed by atoms with Gasteiger partial charge in [0.05, 0.1) is 9.40 Å². The van der Waals surface area contributed by atoms with E-state index < -0.39 is 4.92 Å². The molecular weight excluding hydrogens is 301 g/mol. The van der Waals surface area contributed by atoms with Crippen molar-refractivity contribution in [1.29, 1.82) is 0 Å². The minimum atomic E-state index is -0.619. The normalized spacial score (nSPS) is 9.94. The second-order valence-corrected chi connectivity index (χ2v) is 4.27. The summed E-state index contributed by atoms with van der Waals surface area (Å²) in [5.74, 6) is -0.222. The molecule has 0 N–H and O–H groups in total. The van der Waals surface area contributed by atoms with Crippen LogP contribution in [0, 0.1) is 10.1 Å². The van der Waals surface area contributed by atoms with Crippen molar-refractivity contribution in [2.24, 2.45) is 0 Å². The van der Waals surface area contributed by atoms with Gasteiger partial charge in [0.1, 0.15) is 6.61 Å². The van der Waals surface area contributed by atoms with E-state index in [1.807, 2.05) is 0 Å². The standard InChI is InChI=1S/C9H7BrClNO4/c1-5(13)4-16-9-7(10)2-6(11)3-8(9)12(14)15/h2-3H,4H2,1H3. The van der Waals surface area contributed by atoms with Gasteiger partial charge in [0, 0.05) is 11.1 Å². The van der Waals surface area contributed by atoms with Crippen LogP contribution in [0.2, 0.25) is 5.02 Å². The number of rotatable bonds is 4. The molecule has 0 fully saturated rings. The molecule has 86 valence electrons. The lowest BCUT2D eigenvalue weighted by Gasteiger charge is -2.07. The number of hydrogen-bond acceptors (Lipinski definition) is 4. The van der Waals surface area contributed by atoms with E-state index in [-0.39, 0.29) is 28.8 Å². The average molecular weight is 309 g/mol. The van der Waals surface area contributed by atoms with Crippen molar-refractivity contribution in [2.45, 2.75) is 6.92 Å². The summed E-state index contributed by atoms with van der Waals surface area (Å²) in [6, 6.07) is 2.63. The SMILES string of the molecule is CC(=O)COc1c(Br)cc(Cl)cc1[N+](=O)[O-]. The Kier molecular flexibility index (Phi) is 4.26. The van der Waals surface area contributed by atoms with Crippen LogP contribution in [0.5, 0.6) is 5.75 Å². The first-order valence-corrected chi connectivity index (χ1v) is 5.34. The highest BCUT2D eigenvalue weighted by Gasteiger charge is 2.20. The molecule has 0 spiro atoms. The number of ether oxygens (including phenoxy) is 1. The summed E-state index contributed by atoms with van der Waals surface area (Å²) in [5.41, 5.74) is -0.277. The maximum atomic E-state index is 10.7.